The monoisotopic (exact) mass is 376 g/mol. The molecule has 0 fully saturated rings. The van der Waals surface area contributed by atoms with Crippen molar-refractivity contribution in [3.05, 3.63) is 35.0 Å². The van der Waals surface area contributed by atoms with Crippen LogP contribution in [0.3, 0.4) is 0 Å². The SMILES string of the molecule is COCN(c1noc(C)c1Cl)S(=O)(=O)c1ccccc1OB(O)O. The molecular formula is C12H14BClN2O7S. The van der Waals surface area contributed by atoms with Gasteiger partial charge >= 0.3 is 7.32 Å². The second-order valence-corrected chi connectivity index (χ2v) is 6.75. The van der Waals surface area contributed by atoms with Gasteiger partial charge in [0.15, 0.2) is 5.76 Å². The molecule has 9 nitrogen and oxygen atoms in total. The lowest BCUT2D eigenvalue weighted by Gasteiger charge is -2.22. The van der Waals surface area contributed by atoms with Gasteiger partial charge in [0, 0.05) is 7.11 Å². The third-order valence-electron chi connectivity index (χ3n) is 2.91. The number of aromatic nitrogens is 1. The quantitative estimate of drug-likeness (QED) is 0.537. The molecule has 0 amide bonds. The number of sulfonamides is 1. The molecule has 0 spiro atoms. The van der Waals surface area contributed by atoms with Crippen molar-refractivity contribution in [2.24, 2.45) is 0 Å². The maximum Gasteiger partial charge on any atom is 0.707 e. The predicted molar refractivity (Wildman–Crippen MR) is 85.1 cm³/mol. The van der Waals surface area contributed by atoms with Crippen molar-refractivity contribution in [1.29, 1.82) is 0 Å². The summed E-state index contributed by atoms with van der Waals surface area (Å²) in [6.45, 7) is 1.12. The molecule has 0 saturated carbocycles. The van der Waals surface area contributed by atoms with E-state index in [0.29, 0.717) is 0 Å². The number of ether oxygens (including phenoxy) is 1. The number of para-hydroxylation sites is 1. The minimum absolute atomic E-state index is 0.0104. The molecule has 0 radical (unpaired) electrons. The van der Waals surface area contributed by atoms with Crippen molar-refractivity contribution in [2.75, 3.05) is 18.1 Å². The Kier molecular flexibility index (Phi) is 5.72. The lowest BCUT2D eigenvalue weighted by molar-refractivity contribution is 0.208. The van der Waals surface area contributed by atoms with E-state index in [-0.39, 0.29) is 27.2 Å². The fraction of sp³-hybridized carbons (Fsp3) is 0.250. The van der Waals surface area contributed by atoms with Gasteiger partial charge in [-0.3, -0.25) is 0 Å². The number of hydrogen-bond acceptors (Lipinski definition) is 8. The van der Waals surface area contributed by atoms with E-state index in [0.717, 1.165) is 4.31 Å². The van der Waals surface area contributed by atoms with Gasteiger partial charge in [0.05, 0.1) is 0 Å². The predicted octanol–water partition coefficient (Wildman–Crippen LogP) is 0.784. The van der Waals surface area contributed by atoms with Gasteiger partial charge in [-0.1, -0.05) is 28.9 Å². The van der Waals surface area contributed by atoms with E-state index >= 15 is 0 Å². The van der Waals surface area contributed by atoms with E-state index in [9.17, 15) is 8.42 Å². The minimum Gasteiger partial charge on any atom is -0.511 e. The molecule has 2 N–H and O–H groups in total. The Morgan fingerprint density at radius 2 is 2.04 bits per heavy atom. The van der Waals surface area contributed by atoms with Crippen LogP contribution in [0.15, 0.2) is 33.7 Å². The molecular weight excluding hydrogens is 362 g/mol. The van der Waals surface area contributed by atoms with Gasteiger partial charge in [-0.25, -0.2) is 12.7 Å². The van der Waals surface area contributed by atoms with E-state index in [2.05, 4.69) is 5.16 Å². The molecule has 0 aliphatic heterocycles. The summed E-state index contributed by atoms with van der Waals surface area (Å²) in [5.41, 5.74) is 0. The van der Waals surface area contributed by atoms with Crippen LogP contribution in [-0.4, -0.2) is 44.8 Å². The first-order valence-electron chi connectivity index (χ1n) is 6.54. The van der Waals surface area contributed by atoms with E-state index in [1.54, 1.807) is 0 Å². The highest BCUT2D eigenvalue weighted by Crippen LogP contribution is 2.34. The number of nitrogens with zero attached hydrogens (tertiary/aromatic N) is 2. The highest BCUT2D eigenvalue weighted by Gasteiger charge is 2.33. The van der Waals surface area contributed by atoms with E-state index in [1.165, 1.54) is 38.3 Å². The Morgan fingerprint density at radius 1 is 1.38 bits per heavy atom. The lowest BCUT2D eigenvalue weighted by atomic mass is 10.2. The third kappa shape index (κ3) is 3.65. The molecule has 0 aliphatic rings. The zero-order valence-corrected chi connectivity index (χ0v) is 14.3. The second-order valence-electron chi connectivity index (χ2n) is 4.54. The summed E-state index contributed by atoms with van der Waals surface area (Å²) in [5, 5.41) is 21.6. The first-order chi connectivity index (χ1) is 11.3. The molecule has 1 aromatic heterocycles. The van der Waals surface area contributed by atoms with Gasteiger partial charge in [-0.15, -0.1) is 0 Å². The van der Waals surface area contributed by atoms with E-state index in [4.69, 9.17) is 35.6 Å². The second kappa shape index (κ2) is 7.41. The van der Waals surface area contributed by atoms with Crippen molar-refractivity contribution in [1.82, 2.24) is 5.16 Å². The minimum atomic E-state index is -4.25. The first kappa shape index (κ1) is 18.6. The smallest absolute Gasteiger partial charge is 0.511 e. The third-order valence-corrected chi connectivity index (χ3v) is 5.09. The number of hydrogen-bond donors (Lipinski definition) is 2. The number of anilines is 1. The molecule has 1 aromatic carbocycles. The van der Waals surface area contributed by atoms with Crippen molar-refractivity contribution in [2.45, 2.75) is 11.8 Å². The van der Waals surface area contributed by atoms with Crippen molar-refractivity contribution in [3.8, 4) is 5.75 Å². The average Bonchev–Trinajstić information content (AvgIpc) is 2.84. The van der Waals surface area contributed by atoms with Crippen LogP contribution in [0.4, 0.5) is 5.82 Å². The van der Waals surface area contributed by atoms with Crippen molar-refractivity contribution >= 4 is 34.8 Å². The molecule has 2 rings (SSSR count). The Bertz CT molecular complexity index is 811. The summed E-state index contributed by atoms with van der Waals surface area (Å²) >= 11 is 6.03. The number of rotatable bonds is 7. The van der Waals surface area contributed by atoms with Crippen LogP contribution in [0.1, 0.15) is 5.76 Å². The fourth-order valence-corrected chi connectivity index (χ4v) is 3.53. The van der Waals surface area contributed by atoms with Gasteiger partial charge in [0.25, 0.3) is 10.0 Å². The first-order valence-corrected chi connectivity index (χ1v) is 8.36. The summed E-state index contributed by atoms with van der Waals surface area (Å²) in [7, 11) is -5.14. The highest BCUT2D eigenvalue weighted by molar-refractivity contribution is 7.93. The largest absolute Gasteiger partial charge is 0.707 e. The van der Waals surface area contributed by atoms with Gasteiger partial charge in [-0.05, 0) is 19.1 Å². The van der Waals surface area contributed by atoms with Crippen LogP contribution in [0, 0.1) is 6.92 Å². The molecule has 130 valence electrons. The van der Waals surface area contributed by atoms with Crippen LogP contribution < -0.4 is 8.96 Å². The molecule has 2 aromatic rings. The van der Waals surface area contributed by atoms with Crippen LogP contribution in [0.2, 0.25) is 5.02 Å². The van der Waals surface area contributed by atoms with Crippen molar-refractivity contribution in [3.63, 3.8) is 0 Å². The Morgan fingerprint density at radius 3 is 2.58 bits per heavy atom. The van der Waals surface area contributed by atoms with E-state index < -0.39 is 24.1 Å². The zero-order chi connectivity index (χ0) is 17.9. The highest BCUT2D eigenvalue weighted by atomic mass is 35.5. The maximum atomic E-state index is 12.9. The Hall–Kier alpha value is -1.79. The number of aryl methyl sites for hydroxylation is 1. The molecule has 24 heavy (non-hydrogen) atoms. The summed E-state index contributed by atoms with van der Waals surface area (Å²) in [5.74, 6) is -0.182. The Labute approximate surface area is 143 Å². The van der Waals surface area contributed by atoms with Crippen LogP contribution >= 0.6 is 11.6 Å². The van der Waals surface area contributed by atoms with E-state index in [1.807, 2.05) is 0 Å². The van der Waals surface area contributed by atoms with Gasteiger partial charge < -0.3 is 24.0 Å². The molecule has 12 heteroatoms. The summed E-state index contributed by atoms with van der Waals surface area (Å²) in [4.78, 5) is -0.327. The molecule has 0 aliphatic carbocycles. The molecule has 0 unspecified atom stereocenters. The molecule has 1 heterocycles. The normalized spacial score (nSPS) is 11.4. The number of benzene rings is 1. The summed E-state index contributed by atoms with van der Waals surface area (Å²) in [6, 6.07) is 5.43. The van der Waals surface area contributed by atoms with Crippen LogP contribution in [-0.2, 0) is 14.8 Å². The zero-order valence-electron chi connectivity index (χ0n) is 12.7. The lowest BCUT2D eigenvalue weighted by Crippen LogP contribution is -2.34. The summed E-state index contributed by atoms with van der Waals surface area (Å²) < 4.78 is 41.2. The van der Waals surface area contributed by atoms with Crippen LogP contribution in [0.25, 0.3) is 0 Å². The number of halogens is 1. The Balaban J connectivity index is 2.56. The van der Waals surface area contributed by atoms with Gasteiger partial charge in [-0.2, -0.15) is 0 Å². The van der Waals surface area contributed by atoms with Gasteiger partial charge in [0.1, 0.15) is 22.4 Å². The molecule has 0 atom stereocenters. The van der Waals surface area contributed by atoms with Crippen LogP contribution in [0.5, 0.6) is 5.75 Å². The summed E-state index contributed by atoms with van der Waals surface area (Å²) in [6.07, 6.45) is 0. The van der Waals surface area contributed by atoms with Gasteiger partial charge in [0.2, 0.25) is 5.82 Å². The fourth-order valence-electron chi connectivity index (χ4n) is 1.86. The maximum absolute atomic E-state index is 12.9. The van der Waals surface area contributed by atoms with Crippen molar-refractivity contribution < 1.29 is 32.4 Å². The number of methoxy groups -OCH3 is 1. The molecule has 0 bridgehead atoms. The average molecular weight is 377 g/mol. The standard InChI is InChI=1S/C12H14BClN2O7S/c1-8-11(14)12(15-23-8)16(7-21-2)24(19,20)10-6-4-3-5-9(10)22-13(17)18/h3-6,17-18H,7H2,1-2H3. The topological polar surface area (TPSA) is 122 Å². The molecule has 0 saturated heterocycles.